The molecule has 0 spiro atoms. The molecule has 1 heterocycles. The van der Waals surface area contributed by atoms with Crippen LogP contribution >= 0.6 is 11.3 Å². The van der Waals surface area contributed by atoms with Crippen molar-refractivity contribution >= 4 is 25.1 Å². The van der Waals surface area contributed by atoms with E-state index in [-0.39, 0.29) is 0 Å². The average Bonchev–Trinajstić information content (AvgIpc) is 2.30. The van der Waals surface area contributed by atoms with Gasteiger partial charge < -0.3 is 5.73 Å². The quantitative estimate of drug-likeness (QED) is 0.760. The van der Waals surface area contributed by atoms with E-state index in [1.54, 1.807) is 11.3 Å². The van der Waals surface area contributed by atoms with E-state index >= 15 is 0 Å². The van der Waals surface area contributed by atoms with Gasteiger partial charge >= 0.3 is 0 Å². The predicted molar refractivity (Wildman–Crippen MR) is 65.3 cm³/mol. The molecule has 3 heteroatoms. The molecule has 1 rings (SSSR count). The van der Waals surface area contributed by atoms with Crippen LogP contribution in [0.1, 0.15) is 17.7 Å². The van der Waals surface area contributed by atoms with Gasteiger partial charge in [-0.25, -0.2) is 0 Å². The van der Waals surface area contributed by atoms with E-state index < -0.39 is 8.07 Å². The number of nitrogen functional groups attached to an aromatic ring is 1. The first-order chi connectivity index (χ1) is 5.90. The van der Waals surface area contributed by atoms with Crippen LogP contribution in [-0.2, 0) is 0 Å². The Kier molecular flexibility index (Phi) is 3.19. The third kappa shape index (κ3) is 3.16. The molecule has 0 fully saturated rings. The Morgan fingerprint density at radius 2 is 2.08 bits per heavy atom. The second-order valence-corrected chi connectivity index (χ2v) is 11.4. The molecule has 2 N–H and O–H groups in total. The fourth-order valence-corrected chi connectivity index (χ4v) is 4.81. The zero-order valence-corrected chi connectivity index (χ0v) is 10.7. The Balaban J connectivity index is 2.69. The summed E-state index contributed by atoms with van der Waals surface area (Å²) in [5.74, 6) is 0.645. The molecule has 0 aliphatic carbocycles. The Labute approximate surface area is 86.0 Å². The van der Waals surface area contributed by atoms with Crippen LogP contribution in [-0.4, -0.2) is 8.07 Å². The summed E-state index contributed by atoms with van der Waals surface area (Å²) in [5, 5.41) is 2.09. The number of thiophene rings is 1. The molecule has 0 bridgehead atoms. The molecule has 0 saturated carbocycles. The summed E-state index contributed by atoms with van der Waals surface area (Å²) in [4.78, 5) is 1.38. The Hall–Kier alpha value is -0.283. The monoisotopic (exact) mass is 213 g/mol. The molecule has 0 aliphatic heterocycles. The minimum absolute atomic E-state index is 0.645. The minimum Gasteiger partial charge on any atom is -0.398 e. The fraction of sp³-hybridized carbons (Fsp3) is 0.600. The molecule has 0 aliphatic rings. The molecule has 74 valence electrons. The van der Waals surface area contributed by atoms with Gasteiger partial charge in [0.2, 0.25) is 0 Å². The van der Waals surface area contributed by atoms with E-state index in [1.165, 1.54) is 10.9 Å². The molecular formula is C10H19NSSi. The number of hydrogen-bond acceptors (Lipinski definition) is 2. The molecule has 1 nitrogen and oxygen atoms in total. The molecule has 1 aromatic heterocycles. The largest absolute Gasteiger partial charge is 0.398 e. The Bertz CT molecular complexity index is 275. The number of anilines is 1. The molecule has 13 heavy (non-hydrogen) atoms. The highest BCUT2D eigenvalue weighted by molar-refractivity contribution is 7.10. The van der Waals surface area contributed by atoms with Gasteiger partial charge in [-0.15, -0.1) is 11.3 Å². The Morgan fingerprint density at radius 1 is 1.46 bits per heavy atom. The lowest BCUT2D eigenvalue weighted by atomic mass is 10.1. The van der Waals surface area contributed by atoms with Gasteiger partial charge in [0.15, 0.2) is 0 Å². The maximum absolute atomic E-state index is 5.89. The van der Waals surface area contributed by atoms with E-state index in [0.717, 1.165) is 5.69 Å². The third-order valence-electron chi connectivity index (χ3n) is 2.09. The smallest absolute Gasteiger partial charge is 0.0458 e. The first kappa shape index (κ1) is 10.8. The van der Waals surface area contributed by atoms with Crippen LogP contribution in [0.15, 0.2) is 11.4 Å². The van der Waals surface area contributed by atoms with Gasteiger partial charge in [0.05, 0.1) is 0 Å². The van der Waals surface area contributed by atoms with Crippen molar-refractivity contribution in [2.75, 3.05) is 5.73 Å². The van der Waals surface area contributed by atoms with Crippen molar-refractivity contribution in [2.45, 2.75) is 38.5 Å². The highest BCUT2D eigenvalue weighted by Gasteiger charge is 2.20. The second-order valence-electron chi connectivity index (χ2n) is 4.91. The lowest BCUT2D eigenvalue weighted by Crippen LogP contribution is -2.21. The van der Waals surface area contributed by atoms with E-state index in [0.29, 0.717) is 5.92 Å². The fourth-order valence-electron chi connectivity index (χ4n) is 1.74. The predicted octanol–water partition coefficient (Wildman–Crippen LogP) is 3.77. The lowest BCUT2D eigenvalue weighted by Gasteiger charge is -2.20. The molecule has 1 aromatic rings. The number of nitrogens with two attached hydrogens (primary N) is 1. The summed E-state index contributed by atoms with van der Waals surface area (Å²) in [6.45, 7) is 9.52. The van der Waals surface area contributed by atoms with E-state index in [4.69, 9.17) is 5.73 Å². The highest BCUT2D eigenvalue weighted by atomic mass is 32.1. The van der Waals surface area contributed by atoms with E-state index in [1.807, 2.05) is 6.07 Å². The van der Waals surface area contributed by atoms with Crippen LogP contribution in [0.3, 0.4) is 0 Å². The first-order valence-corrected chi connectivity index (χ1v) is 9.32. The van der Waals surface area contributed by atoms with Gasteiger partial charge in [-0.05, 0) is 17.4 Å². The van der Waals surface area contributed by atoms with Gasteiger partial charge in [-0.2, -0.15) is 0 Å². The molecule has 0 amide bonds. The molecule has 1 atom stereocenters. The van der Waals surface area contributed by atoms with Gasteiger partial charge in [0.25, 0.3) is 0 Å². The Morgan fingerprint density at radius 3 is 2.46 bits per heavy atom. The molecule has 1 unspecified atom stereocenters. The normalized spacial score (nSPS) is 14.5. The maximum Gasteiger partial charge on any atom is 0.0458 e. The maximum atomic E-state index is 5.89. The van der Waals surface area contributed by atoms with Crippen molar-refractivity contribution in [3.8, 4) is 0 Å². The van der Waals surface area contributed by atoms with Crippen LogP contribution in [0.25, 0.3) is 0 Å². The van der Waals surface area contributed by atoms with Crippen molar-refractivity contribution in [1.82, 2.24) is 0 Å². The third-order valence-corrected chi connectivity index (χ3v) is 5.09. The highest BCUT2D eigenvalue weighted by Crippen LogP contribution is 2.33. The summed E-state index contributed by atoms with van der Waals surface area (Å²) >= 11 is 1.80. The number of hydrogen-bond donors (Lipinski definition) is 1. The molecule has 0 saturated heterocycles. The summed E-state index contributed by atoms with van der Waals surface area (Å²) in [7, 11) is -0.948. The van der Waals surface area contributed by atoms with Crippen molar-refractivity contribution in [1.29, 1.82) is 0 Å². The standard InChI is InChI=1S/C10H19NSSi/c1-8(7-13(2,3)4)10-9(11)5-6-12-10/h5-6,8H,7,11H2,1-4H3. The van der Waals surface area contributed by atoms with Crippen molar-refractivity contribution < 1.29 is 0 Å². The minimum atomic E-state index is -0.948. The zero-order valence-electron chi connectivity index (χ0n) is 8.92. The molecule has 0 aromatic carbocycles. The van der Waals surface area contributed by atoms with Gasteiger partial charge in [0.1, 0.15) is 0 Å². The zero-order chi connectivity index (χ0) is 10.1. The molecule has 0 radical (unpaired) electrons. The van der Waals surface area contributed by atoms with Crippen LogP contribution in [0.5, 0.6) is 0 Å². The van der Waals surface area contributed by atoms with Gasteiger partial charge in [-0.3, -0.25) is 0 Å². The average molecular weight is 213 g/mol. The van der Waals surface area contributed by atoms with Crippen LogP contribution in [0, 0.1) is 0 Å². The number of rotatable bonds is 3. The summed E-state index contributed by atoms with van der Waals surface area (Å²) < 4.78 is 0. The first-order valence-electron chi connectivity index (χ1n) is 4.73. The van der Waals surface area contributed by atoms with Crippen molar-refractivity contribution in [3.05, 3.63) is 16.3 Å². The van der Waals surface area contributed by atoms with E-state index in [2.05, 4.69) is 31.9 Å². The van der Waals surface area contributed by atoms with Crippen LogP contribution < -0.4 is 5.73 Å². The van der Waals surface area contributed by atoms with Gasteiger partial charge in [-0.1, -0.05) is 32.6 Å². The van der Waals surface area contributed by atoms with Gasteiger partial charge in [0, 0.05) is 18.6 Å². The summed E-state index contributed by atoms with van der Waals surface area (Å²) in [6, 6.07) is 3.35. The van der Waals surface area contributed by atoms with E-state index in [9.17, 15) is 0 Å². The summed E-state index contributed by atoms with van der Waals surface area (Å²) in [6.07, 6.45) is 0. The van der Waals surface area contributed by atoms with Crippen LogP contribution in [0.2, 0.25) is 25.7 Å². The second kappa shape index (κ2) is 3.84. The van der Waals surface area contributed by atoms with Crippen molar-refractivity contribution in [2.24, 2.45) is 0 Å². The van der Waals surface area contributed by atoms with Crippen LogP contribution in [0.4, 0.5) is 5.69 Å². The topological polar surface area (TPSA) is 26.0 Å². The lowest BCUT2D eigenvalue weighted by molar-refractivity contribution is 0.869. The molecular weight excluding hydrogens is 194 g/mol. The SMILES string of the molecule is CC(C[Si](C)(C)C)c1sccc1N. The summed E-state index contributed by atoms with van der Waals surface area (Å²) in [5.41, 5.74) is 6.87. The van der Waals surface area contributed by atoms with Crippen molar-refractivity contribution in [3.63, 3.8) is 0 Å².